The van der Waals surface area contributed by atoms with Crippen molar-refractivity contribution in [2.45, 2.75) is 33.1 Å². The van der Waals surface area contributed by atoms with Crippen molar-refractivity contribution < 1.29 is 4.79 Å². The van der Waals surface area contributed by atoms with Crippen molar-refractivity contribution >= 4 is 17.4 Å². The van der Waals surface area contributed by atoms with Gasteiger partial charge in [-0.1, -0.05) is 32.4 Å². The van der Waals surface area contributed by atoms with E-state index in [-0.39, 0.29) is 11.2 Å². The molecule has 1 heterocycles. The van der Waals surface area contributed by atoms with Gasteiger partial charge >= 0.3 is 0 Å². The van der Waals surface area contributed by atoms with Gasteiger partial charge in [-0.25, -0.2) is 0 Å². The molecule has 0 amide bonds. The van der Waals surface area contributed by atoms with Crippen LogP contribution in [0.5, 0.6) is 0 Å². The average Bonchev–Trinajstić information content (AvgIpc) is 2.28. The predicted octanol–water partition coefficient (Wildman–Crippen LogP) is 2.56. The fraction of sp³-hybridized carbons (Fsp3) is 0.556. The van der Waals surface area contributed by atoms with E-state index < -0.39 is 0 Å². The number of H-pyrrole nitrogens is 1. The van der Waals surface area contributed by atoms with Gasteiger partial charge in [-0.05, 0) is 0 Å². The fourth-order valence-electron chi connectivity index (χ4n) is 1.06. The summed E-state index contributed by atoms with van der Waals surface area (Å²) in [5.74, 6) is -0.114. The first kappa shape index (κ1) is 10.3. The van der Waals surface area contributed by atoms with Gasteiger partial charge in [-0.15, -0.1) is 0 Å². The number of rotatable bonds is 1. The van der Waals surface area contributed by atoms with Crippen LogP contribution < -0.4 is 0 Å². The summed E-state index contributed by atoms with van der Waals surface area (Å²) in [6, 6.07) is 0. The second kappa shape index (κ2) is 3.14. The summed E-state index contributed by atoms with van der Waals surface area (Å²) in [5.41, 5.74) is 1.02. The molecule has 0 aromatic carbocycles. The Kier molecular flexibility index (Phi) is 2.48. The lowest BCUT2D eigenvalue weighted by Gasteiger charge is -2.15. The maximum absolute atomic E-state index is 11.0. The number of carbonyl (C=O) groups excluding carboxylic acids is 1. The molecule has 4 heteroatoms. The summed E-state index contributed by atoms with van der Waals surface area (Å²) in [7, 11) is 0. The number of aromatic nitrogens is 2. The van der Waals surface area contributed by atoms with E-state index in [1.165, 1.54) is 6.92 Å². The zero-order valence-corrected chi connectivity index (χ0v) is 8.99. The Labute approximate surface area is 82.5 Å². The van der Waals surface area contributed by atoms with Gasteiger partial charge in [0.1, 0.15) is 5.69 Å². The van der Waals surface area contributed by atoms with Crippen LogP contribution in [-0.4, -0.2) is 16.0 Å². The lowest BCUT2D eigenvalue weighted by atomic mass is 9.92. The largest absolute Gasteiger partial charge is 0.293 e. The first-order chi connectivity index (χ1) is 5.84. The summed E-state index contributed by atoms with van der Waals surface area (Å²) in [5, 5.41) is 7.11. The van der Waals surface area contributed by atoms with Crippen LogP contribution >= 0.6 is 11.6 Å². The minimum absolute atomic E-state index is 0.113. The van der Waals surface area contributed by atoms with Gasteiger partial charge in [0.2, 0.25) is 0 Å². The Morgan fingerprint density at radius 2 is 2.00 bits per heavy atom. The molecule has 0 aliphatic heterocycles. The molecule has 0 aliphatic rings. The number of hydrogen-bond acceptors (Lipinski definition) is 2. The van der Waals surface area contributed by atoms with Crippen molar-refractivity contribution in [2.75, 3.05) is 0 Å². The van der Waals surface area contributed by atoms with E-state index in [4.69, 9.17) is 11.6 Å². The fourth-order valence-corrected chi connectivity index (χ4v) is 1.56. The van der Waals surface area contributed by atoms with Gasteiger partial charge in [0.05, 0.1) is 10.7 Å². The van der Waals surface area contributed by atoms with Crippen LogP contribution in [-0.2, 0) is 5.41 Å². The second-order valence-electron chi connectivity index (χ2n) is 4.07. The van der Waals surface area contributed by atoms with Crippen LogP contribution in [0.4, 0.5) is 0 Å². The molecule has 0 aliphatic carbocycles. The quantitative estimate of drug-likeness (QED) is 0.709. The molecule has 1 aromatic heterocycles. The second-order valence-corrected chi connectivity index (χ2v) is 4.45. The Bertz CT molecular complexity index is 336. The van der Waals surface area contributed by atoms with Crippen molar-refractivity contribution in [2.24, 2.45) is 0 Å². The molecule has 0 radical (unpaired) electrons. The molecule has 0 atom stereocenters. The van der Waals surface area contributed by atoms with E-state index in [1.807, 2.05) is 20.8 Å². The predicted molar refractivity (Wildman–Crippen MR) is 52.3 cm³/mol. The summed E-state index contributed by atoms with van der Waals surface area (Å²) in [6.45, 7) is 7.48. The lowest BCUT2D eigenvalue weighted by molar-refractivity contribution is 0.101. The minimum atomic E-state index is -0.114. The number of aromatic amines is 1. The highest BCUT2D eigenvalue weighted by molar-refractivity contribution is 6.34. The van der Waals surface area contributed by atoms with Gasteiger partial charge in [-0.3, -0.25) is 9.89 Å². The van der Waals surface area contributed by atoms with Crippen molar-refractivity contribution in [1.29, 1.82) is 0 Å². The number of nitrogens with one attached hydrogen (secondary N) is 1. The summed E-state index contributed by atoms with van der Waals surface area (Å²) in [6.07, 6.45) is 0. The molecule has 72 valence electrons. The topological polar surface area (TPSA) is 45.8 Å². The monoisotopic (exact) mass is 200 g/mol. The molecule has 0 fully saturated rings. The Hall–Kier alpha value is -0.830. The summed E-state index contributed by atoms with van der Waals surface area (Å²) >= 11 is 5.99. The number of Topliss-reactive ketones (excluding diaryl/α,β-unsaturated/α-hetero) is 1. The Morgan fingerprint density at radius 1 is 1.46 bits per heavy atom. The van der Waals surface area contributed by atoms with Gasteiger partial charge in [0, 0.05) is 12.3 Å². The van der Waals surface area contributed by atoms with Crippen LogP contribution in [0.15, 0.2) is 0 Å². The smallest absolute Gasteiger partial charge is 0.181 e. The maximum Gasteiger partial charge on any atom is 0.181 e. The molecule has 0 bridgehead atoms. The van der Waals surface area contributed by atoms with Crippen LogP contribution in [0.3, 0.4) is 0 Å². The third-order valence-corrected chi connectivity index (χ3v) is 2.16. The van der Waals surface area contributed by atoms with E-state index in [0.717, 1.165) is 5.69 Å². The SMILES string of the molecule is CC(=O)c1n[nH]c(C(C)(C)C)c1Cl. The zero-order valence-electron chi connectivity index (χ0n) is 8.23. The van der Waals surface area contributed by atoms with Gasteiger partial charge in [0.25, 0.3) is 0 Å². The molecule has 13 heavy (non-hydrogen) atoms. The first-order valence-electron chi connectivity index (χ1n) is 4.09. The number of halogens is 1. The molecule has 0 saturated carbocycles. The van der Waals surface area contributed by atoms with E-state index in [1.54, 1.807) is 0 Å². The van der Waals surface area contributed by atoms with Crippen LogP contribution in [0.2, 0.25) is 5.02 Å². The third kappa shape index (κ3) is 1.91. The number of hydrogen-bond donors (Lipinski definition) is 1. The van der Waals surface area contributed by atoms with Crippen LogP contribution in [0.25, 0.3) is 0 Å². The molecule has 1 N–H and O–H groups in total. The molecule has 1 aromatic rings. The highest BCUT2D eigenvalue weighted by Gasteiger charge is 2.23. The third-order valence-electron chi connectivity index (χ3n) is 1.79. The maximum atomic E-state index is 11.0. The van der Waals surface area contributed by atoms with Crippen molar-refractivity contribution in [3.63, 3.8) is 0 Å². The molecule has 0 spiro atoms. The van der Waals surface area contributed by atoms with E-state index in [2.05, 4.69) is 10.2 Å². The molecule has 1 rings (SSSR count). The normalized spacial score (nSPS) is 11.8. The standard InChI is InChI=1S/C9H13ClN2O/c1-5(13)7-6(10)8(12-11-7)9(2,3)4/h1-4H3,(H,11,12). The Balaban J connectivity index is 3.22. The summed E-state index contributed by atoms with van der Waals surface area (Å²) < 4.78 is 0. The summed E-state index contributed by atoms with van der Waals surface area (Å²) in [4.78, 5) is 11.0. The zero-order chi connectivity index (χ0) is 10.2. The van der Waals surface area contributed by atoms with E-state index in [9.17, 15) is 4.79 Å². The molecular formula is C9H13ClN2O. The van der Waals surface area contributed by atoms with Crippen LogP contribution in [0, 0.1) is 0 Å². The first-order valence-corrected chi connectivity index (χ1v) is 4.47. The Morgan fingerprint density at radius 3 is 2.23 bits per heavy atom. The van der Waals surface area contributed by atoms with Crippen molar-refractivity contribution in [1.82, 2.24) is 10.2 Å². The lowest BCUT2D eigenvalue weighted by Crippen LogP contribution is -2.12. The molecular weight excluding hydrogens is 188 g/mol. The number of carbonyl (C=O) groups is 1. The van der Waals surface area contributed by atoms with E-state index in [0.29, 0.717) is 10.7 Å². The average molecular weight is 201 g/mol. The molecule has 0 unspecified atom stereocenters. The van der Waals surface area contributed by atoms with Crippen LogP contribution in [0.1, 0.15) is 43.9 Å². The van der Waals surface area contributed by atoms with Gasteiger partial charge in [0.15, 0.2) is 5.78 Å². The molecule has 3 nitrogen and oxygen atoms in total. The van der Waals surface area contributed by atoms with Gasteiger partial charge < -0.3 is 0 Å². The number of ketones is 1. The van der Waals surface area contributed by atoms with Gasteiger partial charge in [-0.2, -0.15) is 5.10 Å². The highest BCUT2D eigenvalue weighted by Crippen LogP contribution is 2.29. The molecule has 0 saturated heterocycles. The van der Waals surface area contributed by atoms with Crippen molar-refractivity contribution in [3.05, 3.63) is 16.4 Å². The minimum Gasteiger partial charge on any atom is -0.293 e. The highest BCUT2D eigenvalue weighted by atomic mass is 35.5. The number of nitrogens with zero attached hydrogens (tertiary/aromatic N) is 1. The van der Waals surface area contributed by atoms with E-state index >= 15 is 0 Å². The van der Waals surface area contributed by atoms with Crippen molar-refractivity contribution in [3.8, 4) is 0 Å².